The Balaban J connectivity index is 1.86. The number of aromatic nitrogens is 3. The fourth-order valence-corrected chi connectivity index (χ4v) is 3.22. The number of carboxylic acid groups (broad SMARTS) is 1. The Morgan fingerprint density at radius 1 is 1.10 bits per heavy atom. The minimum absolute atomic E-state index is 0.0430. The second kappa shape index (κ2) is 9.78. The van der Waals surface area contributed by atoms with Crippen LogP contribution in [0, 0.1) is 0 Å². The van der Waals surface area contributed by atoms with Gasteiger partial charge in [-0.15, -0.1) is 5.10 Å². The highest BCUT2D eigenvalue weighted by Crippen LogP contribution is 2.24. The van der Waals surface area contributed by atoms with Crippen molar-refractivity contribution in [1.82, 2.24) is 14.8 Å². The molecule has 0 radical (unpaired) electrons. The van der Waals surface area contributed by atoms with E-state index in [0.717, 1.165) is 23.4 Å². The van der Waals surface area contributed by atoms with Gasteiger partial charge in [-0.25, -0.2) is 14.5 Å². The highest BCUT2D eigenvalue weighted by atomic mass is 16.4. The molecule has 0 saturated carbocycles. The molecule has 0 aliphatic carbocycles. The van der Waals surface area contributed by atoms with E-state index >= 15 is 0 Å². The second-order valence-corrected chi connectivity index (χ2v) is 7.00. The second-order valence-electron chi connectivity index (χ2n) is 7.00. The maximum Gasteiger partial charge on any atom is 0.336 e. The summed E-state index contributed by atoms with van der Waals surface area (Å²) in [6, 6.07) is 14.7. The molecule has 0 saturated heterocycles. The number of rotatable bonds is 9. The summed E-state index contributed by atoms with van der Waals surface area (Å²) in [6.45, 7) is 4.39. The van der Waals surface area contributed by atoms with E-state index < -0.39 is 5.97 Å². The third-order valence-electron chi connectivity index (χ3n) is 4.77. The van der Waals surface area contributed by atoms with Crippen molar-refractivity contribution in [3.8, 4) is 11.1 Å². The van der Waals surface area contributed by atoms with E-state index in [1.165, 1.54) is 0 Å². The summed E-state index contributed by atoms with van der Waals surface area (Å²) < 4.78 is 1.77. The molecule has 0 aliphatic rings. The molecule has 3 aromatic rings. The van der Waals surface area contributed by atoms with Gasteiger partial charge in [-0.2, -0.15) is 0 Å². The van der Waals surface area contributed by atoms with Gasteiger partial charge in [-0.05, 0) is 36.1 Å². The van der Waals surface area contributed by atoms with E-state index in [4.69, 9.17) is 0 Å². The van der Waals surface area contributed by atoms with Crippen molar-refractivity contribution in [2.45, 2.75) is 39.7 Å². The number of benzene rings is 2. The summed E-state index contributed by atoms with van der Waals surface area (Å²) in [5.41, 5.74) is 2.78. The molecule has 1 heterocycles. The van der Waals surface area contributed by atoms with Gasteiger partial charge >= 0.3 is 5.97 Å². The molecule has 3 rings (SSSR count). The van der Waals surface area contributed by atoms with Crippen molar-refractivity contribution < 1.29 is 14.7 Å². The molecule has 0 bridgehead atoms. The highest BCUT2D eigenvalue weighted by molar-refractivity contribution is 5.96. The van der Waals surface area contributed by atoms with Gasteiger partial charge in [-0.3, -0.25) is 4.79 Å². The number of ketones is 1. The number of hydrogen-bond donors (Lipinski definition) is 1. The number of hydrogen-bond acceptors (Lipinski definition) is 4. The zero-order valence-electron chi connectivity index (χ0n) is 17.2. The number of allylic oxidation sites excluding steroid dienone is 2. The molecule has 1 aromatic heterocycles. The predicted molar refractivity (Wildman–Crippen MR) is 116 cm³/mol. The lowest BCUT2D eigenvalue weighted by atomic mass is 9.99. The quantitative estimate of drug-likeness (QED) is 0.410. The maximum absolute atomic E-state index is 12.2. The Bertz CT molecular complexity index is 1070. The van der Waals surface area contributed by atoms with Gasteiger partial charge in [0.1, 0.15) is 5.82 Å². The van der Waals surface area contributed by atoms with Crippen molar-refractivity contribution in [1.29, 1.82) is 0 Å². The molecule has 0 fully saturated rings. The van der Waals surface area contributed by atoms with Crippen LogP contribution in [0.5, 0.6) is 0 Å². The van der Waals surface area contributed by atoms with Crippen LogP contribution in [-0.4, -0.2) is 31.6 Å². The number of carboxylic acids is 1. The van der Waals surface area contributed by atoms with E-state index in [0.29, 0.717) is 24.9 Å². The molecule has 1 N–H and O–H groups in total. The zero-order chi connectivity index (χ0) is 21.5. The lowest BCUT2D eigenvalue weighted by Crippen LogP contribution is -2.07. The molecule has 0 aliphatic heterocycles. The van der Waals surface area contributed by atoms with Crippen molar-refractivity contribution in [3.63, 3.8) is 0 Å². The molecule has 154 valence electrons. The molecular weight excluding hydrogens is 378 g/mol. The van der Waals surface area contributed by atoms with Crippen molar-refractivity contribution in [2.24, 2.45) is 0 Å². The first-order valence-corrected chi connectivity index (χ1v) is 10.0. The molecule has 2 aromatic carbocycles. The van der Waals surface area contributed by atoms with Crippen LogP contribution in [0.4, 0.5) is 0 Å². The van der Waals surface area contributed by atoms with Gasteiger partial charge < -0.3 is 5.11 Å². The molecule has 6 heteroatoms. The molecular formula is C24H25N3O3. The third-order valence-corrected chi connectivity index (χ3v) is 4.77. The van der Waals surface area contributed by atoms with Gasteiger partial charge in [0.25, 0.3) is 0 Å². The summed E-state index contributed by atoms with van der Waals surface area (Å²) >= 11 is 0. The fraction of sp³-hybridized carbons (Fsp3) is 0.250. The Labute approximate surface area is 175 Å². The first-order chi connectivity index (χ1) is 14.5. The van der Waals surface area contributed by atoms with Crippen molar-refractivity contribution >= 4 is 11.8 Å². The number of nitrogens with zero attached hydrogens (tertiary/aromatic N) is 3. The van der Waals surface area contributed by atoms with Gasteiger partial charge in [0.2, 0.25) is 11.6 Å². The van der Waals surface area contributed by atoms with Crippen LogP contribution in [0.15, 0.2) is 60.7 Å². The summed E-state index contributed by atoms with van der Waals surface area (Å²) in [7, 11) is 0. The summed E-state index contributed by atoms with van der Waals surface area (Å²) in [5, 5.41) is 13.9. The van der Waals surface area contributed by atoms with E-state index in [9.17, 15) is 14.7 Å². The molecule has 0 unspecified atom stereocenters. The van der Waals surface area contributed by atoms with Crippen LogP contribution in [-0.2, 0) is 13.0 Å². The van der Waals surface area contributed by atoms with Crippen LogP contribution in [0.25, 0.3) is 11.1 Å². The van der Waals surface area contributed by atoms with Crippen molar-refractivity contribution in [3.05, 3.63) is 83.5 Å². The van der Waals surface area contributed by atoms with Crippen LogP contribution in [0.1, 0.15) is 59.1 Å². The van der Waals surface area contributed by atoms with Crippen molar-refractivity contribution in [2.75, 3.05) is 0 Å². The van der Waals surface area contributed by atoms with Crippen LogP contribution in [0.3, 0.4) is 0 Å². The minimum atomic E-state index is -0.949. The smallest absolute Gasteiger partial charge is 0.336 e. The van der Waals surface area contributed by atoms with Gasteiger partial charge in [0.15, 0.2) is 0 Å². The monoisotopic (exact) mass is 403 g/mol. The number of aromatic carboxylic acids is 1. The highest BCUT2D eigenvalue weighted by Gasteiger charge is 2.16. The first kappa shape index (κ1) is 21.2. The van der Waals surface area contributed by atoms with E-state index in [-0.39, 0.29) is 17.2 Å². The molecule has 6 nitrogen and oxygen atoms in total. The Morgan fingerprint density at radius 2 is 1.83 bits per heavy atom. The number of carbonyl (C=O) groups excluding carboxylic acids is 1. The SMILES string of the molecule is CC=CCc1nc(C(=O)CCC)nn1Cc1ccc(-c2ccccc2C(=O)O)cc1. The largest absolute Gasteiger partial charge is 0.478 e. The van der Waals surface area contributed by atoms with E-state index in [2.05, 4.69) is 10.1 Å². The summed E-state index contributed by atoms with van der Waals surface area (Å²) in [6.07, 6.45) is 5.73. The molecule has 0 atom stereocenters. The van der Waals surface area contributed by atoms with E-state index in [1.54, 1.807) is 22.9 Å². The number of carbonyl (C=O) groups is 2. The molecule has 0 amide bonds. The normalized spacial score (nSPS) is 11.1. The molecule has 0 spiro atoms. The number of Topliss-reactive ketones (excluding diaryl/α,β-unsaturated/α-hetero) is 1. The average Bonchev–Trinajstić information content (AvgIpc) is 3.15. The lowest BCUT2D eigenvalue weighted by molar-refractivity contribution is 0.0697. The Kier molecular flexibility index (Phi) is 6.91. The minimum Gasteiger partial charge on any atom is -0.478 e. The summed E-state index contributed by atoms with van der Waals surface area (Å²) in [5.74, 6) is 0.0185. The maximum atomic E-state index is 12.2. The third kappa shape index (κ3) is 4.89. The zero-order valence-corrected chi connectivity index (χ0v) is 17.2. The van der Waals surface area contributed by atoms with Crippen LogP contribution >= 0.6 is 0 Å². The van der Waals surface area contributed by atoms with E-state index in [1.807, 2.05) is 56.3 Å². The Morgan fingerprint density at radius 3 is 2.50 bits per heavy atom. The Hall–Kier alpha value is -3.54. The fourth-order valence-electron chi connectivity index (χ4n) is 3.22. The predicted octanol–water partition coefficient (Wildman–Crippen LogP) is 4.79. The lowest BCUT2D eigenvalue weighted by Gasteiger charge is -2.08. The standard InChI is InChI=1S/C24H25N3O3/c1-3-5-11-22-25-23(21(28)8-4-2)26-27(22)16-17-12-14-18(15-13-17)19-9-6-7-10-20(19)24(29)30/h3,5-7,9-10,12-15H,4,8,11,16H2,1-2H3,(H,29,30). The van der Waals surface area contributed by atoms with Gasteiger partial charge in [-0.1, -0.05) is 61.5 Å². The van der Waals surface area contributed by atoms with Crippen LogP contribution in [0.2, 0.25) is 0 Å². The summed E-state index contributed by atoms with van der Waals surface area (Å²) in [4.78, 5) is 28.1. The van der Waals surface area contributed by atoms with Gasteiger partial charge in [0, 0.05) is 12.8 Å². The average molecular weight is 403 g/mol. The molecule has 30 heavy (non-hydrogen) atoms. The van der Waals surface area contributed by atoms with Gasteiger partial charge in [0.05, 0.1) is 12.1 Å². The van der Waals surface area contributed by atoms with Crippen LogP contribution < -0.4 is 0 Å². The first-order valence-electron chi connectivity index (χ1n) is 10.0. The topological polar surface area (TPSA) is 85.1 Å².